The fourth-order valence-electron chi connectivity index (χ4n) is 3.06. The zero-order valence-electron chi connectivity index (χ0n) is 13.7. The third-order valence-electron chi connectivity index (χ3n) is 4.30. The predicted octanol–water partition coefficient (Wildman–Crippen LogP) is 0.867. The summed E-state index contributed by atoms with van der Waals surface area (Å²) in [6, 6.07) is 11.2. The van der Waals surface area contributed by atoms with Gasteiger partial charge < -0.3 is 16.0 Å². The number of aromatic nitrogens is 2. The third kappa shape index (κ3) is 3.46. The molecule has 1 unspecified atom stereocenters. The number of anilines is 2. The summed E-state index contributed by atoms with van der Waals surface area (Å²) in [5, 5.41) is 3.02. The Morgan fingerprint density at radius 1 is 1.17 bits per heavy atom. The number of hydrogen-bond acceptors (Lipinski definition) is 6. The average Bonchev–Trinajstić information content (AvgIpc) is 2.63. The van der Waals surface area contributed by atoms with Gasteiger partial charge in [0.2, 0.25) is 5.91 Å². The molecule has 126 valence electrons. The van der Waals surface area contributed by atoms with Crippen molar-refractivity contribution in [2.45, 2.75) is 6.04 Å². The molecule has 2 aromatic rings. The van der Waals surface area contributed by atoms with Crippen molar-refractivity contribution in [1.29, 1.82) is 0 Å². The van der Waals surface area contributed by atoms with E-state index >= 15 is 0 Å². The highest BCUT2D eigenvalue weighted by Gasteiger charge is 2.29. The van der Waals surface area contributed by atoms with Crippen LogP contribution in [0.2, 0.25) is 0 Å². The van der Waals surface area contributed by atoms with Crippen LogP contribution in [0.4, 0.5) is 11.6 Å². The molecular weight excluding hydrogens is 304 g/mol. The first-order chi connectivity index (χ1) is 11.7. The number of hydrogen-bond donors (Lipinski definition) is 2. The summed E-state index contributed by atoms with van der Waals surface area (Å²) >= 11 is 0. The standard InChI is InChI=1S/C17H22N6O/c1-19-14-11-15(21-12-20-14)22-7-9-23(10-8-22)16(17(18)24)13-5-3-2-4-6-13/h2-6,11-12,16H,7-10H2,1H3,(H2,18,24)(H,19,20,21). The number of piperazine rings is 1. The van der Waals surface area contributed by atoms with Gasteiger partial charge in [0.25, 0.3) is 0 Å². The van der Waals surface area contributed by atoms with Crippen molar-refractivity contribution in [3.05, 3.63) is 48.3 Å². The Balaban J connectivity index is 1.70. The van der Waals surface area contributed by atoms with Crippen LogP contribution in [0.3, 0.4) is 0 Å². The van der Waals surface area contributed by atoms with Crippen molar-refractivity contribution in [2.75, 3.05) is 43.4 Å². The van der Waals surface area contributed by atoms with Gasteiger partial charge in [0, 0.05) is 39.3 Å². The van der Waals surface area contributed by atoms with Gasteiger partial charge in [-0.1, -0.05) is 30.3 Å². The molecule has 0 bridgehead atoms. The normalized spacial score (nSPS) is 16.6. The molecule has 0 saturated carbocycles. The average molecular weight is 326 g/mol. The maximum atomic E-state index is 12.0. The highest BCUT2D eigenvalue weighted by molar-refractivity contribution is 5.81. The molecule has 1 aromatic carbocycles. The molecule has 0 spiro atoms. The summed E-state index contributed by atoms with van der Waals surface area (Å²) < 4.78 is 0. The minimum atomic E-state index is -0.383. The summed E-state index contributed by atoms with van der Waals surface area (Å²) in [5.41, 5.74) is 6.60. The predicted molar refractivity (Wildman–Crippen MR) is 93.7 cm³/mol. The largest absolute Gasteiger partial charge is 0.373 e. The Hall–Kier alpha value is -2.67. The second-order valence-electron chi connectivity index (χ2n) is 5.75. The lowest BCUT2D eigenvalue weighted by molar-refractivity contribution is -0.123. The van der Waals surface area contributed by atoms with Crippen LogP contribution in [0.1, 0.15) is 11.6 Å². The van der Waals surface area contributed by atoms with E-state index in [1.165, 1.54) is 0 Å². The van der Waals surface area contributed by atoms with Crippen molar-refractivity contribution in [3.63, 3.8) is 0 Å². The Morgan fingerprint density at radius 3 is 2.50 bits per heavy atom. The molecule has 1 saturated heterocycles. The lowest BCUT2D eigenvalue weighted by Crippen LogP contribution is -2.50. The molecular formula is C17H22N6O. The van der Waals surface area contributed by atoms with E-state index in [-0.39, 0.29) is 11.9 Å². The van der Waals surface area contributed by atoms with E-state index in [2.05, 4.69) is 25.1 Å². The van der Waals surface area contributed by atoms with E-state index in [1.54, 1.807) is 6.33 Å². The second-order valence-corrected chi connectivity index (χ2v) is 5.75. The van der Waals surface area contributed by atoms with Crippen molar-refractivity contribution in [1.82, 2.24) is 14.9 Å². The first-order valence-electron chi connectivity index (χ1n) is 8.02. The Kier molecular flexibility index (Phi) is 4.90. The van der Waals surface area contributed by atoms with Crippen molar-refractivity contribution in [2.24, 2.45) is 5.73 Å². The molecule has 1 aliphatic heterocycles. The molecule has 7 nitrogen and oxygen atoms in total. The number of nitrogens with zero attached hydrogens (tertiary/aromatic N) is 4. The maximum Gasteiger partial charge on any atom is 0.239 e. The molecule has 7 heteroatoms. The van der Waals surface area contributed by atoms with Gasteiger partial charge in [-0.3, -0.25) is 9.69 Å². The monoisotopic (exact) mass is 326 g/mol. The van der Waals surface area contributed by atoms with E-state index in [4.69, 9.17) is 5.73 Å². The number of amides is 1. The maximum absolute atomic E-state index is 12.0. The van der Waals surface area contributed by atoms with Crippen LogP contribution in [-0.4, -0.2) is 54.0 Å². The van der Waals surface area contributed by atoms with Gasteiger partial charge in [-0.2, -0.15) is 0 Å². The van der Waals surface area contributed by atoms with Crippen LogP contribution in [-0.2, 0) is 4.79 Å². The van der Waals surface area contributed by atoms with Gasteiger partial charge in [0.1, 0.15) is 24.0 Å². The molecule has 3 N–H and O–H groups in total. The van der Waals surface area contributed by atoms with E-state index in [1.807, 2.05) is 43.4 Å². The summed E-state index contributed by atoms with van der Waals surface area (Å²) in [6.07, 6.45) is 1.56. The number of carbonyl (C=O) groups is 1. The summed E-state index contributed by atoms with van der Waals surface area (Å²) in [7, 11) is 1.83. The molecule has 1 aliphatic rings. The smallest absolute Gasteiger partial charge is 0.239 e. The third-order valence-corrected chi connectivity index (χ3v) is 4.30. The molecule has 1 atom stereocenters. The highest BCUT2D eigenvalue weighted by atomic mass is 16.1. The molecule has 24 heavy (non-hydrogen) atoms. The SMILES string of the molecule is CNc1cc(N2CCN(C(C(N)=O)c3ccccc3)CC2)ncn1. The van der Waals surface area contributed by atoms with Crippen LogP contribution < -0.4 is 16.0 Å². The van der Waals surface area contributed by atoms with Gasteiger partial charge in [0.05, 0.1) is 0 Å². The molecule has 2 heterocycles. The number of carbonyl (C=O) groups excluding carboxylic acids is 1. The molecule has 1 fully saturated rings. The van der Waals surface area contributed by atoms with Gasteiger partial charge in [-0.05, 0) is 5.56 Å². The van der Waals surface area contributed by atoms with Crippen molar-refractivity contribution >= 4 is 17.5 Å². The van der Waals surface area contributed by atoms with E-state index < -0.39 is 0 Å². The first-order valence-corrected chi connectivity index (χ1v) is 8.02. The second kappa shape index (κ2) is 7.27. The number of nitrogens with one attached hydrogen (secondary N) is 1. The molecule has 0 aliphatic carbocycles. The molecule has 1 aromatic heterocycles. The van der Waals surface area contributed by atoms with Crippen LogP contribution >= 0.6 is 0 Å². The number of benzene rings is 1. The minimum Gasteiger partial charge on any atom is -0.373 e. The Labute approximate surface area is 141 Å². The Bertz CT molecular complexity index is 684. The summed E-state index contributed by atoms with van der Waals surface area (Å²) in [4.78, 5) is 24.8. The van der Waals surface area contributed by atoms with Gasteiger partial charge in [-0.25, -0.2) is 9.97 Å². The quantitative estimate of drug-likeness (QED) is 0.848. The van der Waals surface area contributed by atoms with Crippen LogP contribution in [0.15, 0.2) is 42.7 Å². The number of rotatable bonds is 5. The Morgan fingerprint density at radius 2 is 1.88 bits per heavy atom. The fourth-order valence-corrected chi connectivity index (χ4v) is 3.06. The van der Waals surface area contributed by atoms with E-state index in [0.29, 0.717) is 0 Å². The molecule has 1 amide bonds. The van der Waals surface area contributed by atoms with E-state index in [9.17, 15) is 4.79 Å². The summed E-state index contributed by atoms with van der Waals surface area (Å²) in [6.45, 7) is 3.08. The van der Waals surface area contributed by atoms with E-state index in [0.717, 1.165) is 43.4 Å². The first kappa shape index (κ1) is 16.2. The minimum absolute atomic E-state index is 0.311. The van der Waals surface area contributed by atoms with Crippen LogP contribution in [0.5, 0.6) is 0 Å². The van der Waals surface area contributed by atoms with Crippen LogP contribution in [0.25, 0.3) is 0 Å². The zero-order chi connectivity index (χ0) is 16.9. The van der Waals surface area contributed by atoms with Gasteiger partial charge >= 0.3 is 0 Å². The fraction of sp³-hybridized carbons (Fsp3) is 0.353. The van der Waals surface area contributed by atoms with Crippen LogP contribution in [0, 0.1) is 0 Å². The highest BCUT2D eigenvalue weighted by Crippen LogP contribution is 2.23. The lowest BCUT2D eigenvalue weighted by atomic mass is 10.0. The number of primary amides is 1. The summed E-state index contributed by atoms with van der Waals surface area (Å²) in [5.74, 6) is 1.38. The molecule has 3 rings (SSSR count). The van der Waals surface area contributed by atoms with Gasteiger partial charge in [0.15, 0.2) is 0 Å². The number of nitrogens with two attached hydrogens (primary N) is 1. The molecule has 0 radical (unpaired) electrons. The van der Waals surface area contributed by atoms with Crippen molar-refractivity contribution < 1.29 is 4.79 Å². The lowest BCUT2D eigenvalue weighted by Gasteiger charge is -2.38. The topological polar surface area (TPSA) is 87.4 Å². The van der Waals surface area contributed by atoms with Crippen molar-refractivity contribution in [3.8, 4) is 0 Å². The van der Waals surface area contributed by atoms with Gasteiger partial charge in [-0.15, -0.1) is 0 Å². The zero-order valence-corrected chi connectivity index (χ0v) is 13.7.